The monoisotopic (exact) mass is 278 g/mol. The van der Waals surface area contributed by atoms with Crippen LogP contribution in [0.5, 0.6) is 0 Å². The van der Waals surface area contributed by atoms with E-state index in [0.29, 0.717) is 10.9 Å². The lowest BCUT2D eigenvalue weighted by Crippen LogP contribution is -2.28. The number of benzene rings is 1. The molecule has 1 unspecified atom stereocenters. The quantitative estimate of drug-likeness (QED) is 0.883. The van der Waals surface area contributed by atoms with Crippen molar-refractivity contribution in [2.75, 3.05) is 13.2 Å². The summed E-state index contributed by atoms with van der Waals surface area (Å²) in [5.74, 6) is 0.528. The zero-order valence-electron chi connectivity index (χ0n) is 11.2. The summed E-state index contributed by atoms with van der Waals surface area (Å²) in [5.41, 5.74) is 1.84. The number of aromatic nitrogens is 1. The zero-order valence-corrected chi connectivity index (χ0v) is 12.0. The van der Waals surface area contributed by atoms with Crippen LogP contribution in [0.4, 0.5) is 0 Å². The fourth-order valence-corrected chi connectivity index (χ4v) is 2.31. The molecule has 0 aliphatic heterocycles. The molecule has 1 atom stereocenters. The molecule has 1 heterocycles. The number of fused-ring (bicyclic) bond motifs is 1. The summed E-state index contributed by atoms with van der Waals surface area (Å²) >= 11 is 6.18. The normalized spacial score (nSPS) is 13.1. The molecule has 2 rings (SSSR count). The Morgan fingerprint density at radius 2 is 2.11 bits per heavy atom. The minimum Gasteiger partial charge on any atom is -0.394 e. The van der Waals surface area contributed by atoms with Crippen LogP contribution in [0.3, 0.4) is 0 Å². The van der Waals surface area contributed by atoms with E-state index in [9.17, 15) is 5.11 Å². The standard InChI is InChI=1S/C15H19ClN2O/c1-10(2)8-18-14(9-19)12-5-6-13(16)11-4-3-7-17-15(11)12/h3-7,10,14,18-19H,8-9H2,1-2H3. The Balaban J connectivity index is 2.40. The van der Waals surface area contributed by atoms with Gasteiger partial charge in [-0.3, -0.25) is 4.98 Å². The van der Waals surface area contributed by atoms with E-state index in [-0.39, 0.29) is 12.6 Å². The third kappa shape index (κ3) is 3.24. The van der Waals surface area contributed by atoms with E-state index in [1.807, 2.05) is 24.3 Å². The van der Waals surface area contributed by atoms with Crippen LogP contribution in [-0.2, 0) is 0 Å². The molecular formula is C15H19ClN2O. The number of nitrogens with one attached hydrogen (secondary N) is 1. The van der Waals surface area contributed by atoms with Crippen LogP contribution in [-0.4, -0.2) is 23.2 Å². The molecule has 19 heavy (non-hydrogen) atoms. The van der Waals surface area contributed by atoms with Crippen molar-refractivity contribution in [3.05, 3.63) is 41.0 Å². The molecule has 0 amide bonds. The van der Waals surface area contributed by atoms with Crippen molar-refractivity contribution < 1.29 is 5.11 Å². The Morgan fingerprint density at radius 3 is 2.79 bits per heavy atom. The van der Waals surface area contributed by atoms with Crippen molar-refractivity contribution in [3.8, 4) is 0 Å². The molecule has 102 valence electrons. The molecule has 0 fully saturated rings. The van der Waals surface area contributed by atoms with Crippen LogP contribution in [0.25, 0.3) is 10.9 Å². The van der Waals surface area contributed by atoms with Crippen LogP contribution in [0, 0.1) is 5.92 Å². The minimum absolute atomic E-state index is 0.0417. The van der Waals surface area contributed by atoms with E-state index in [4.69, 9.17) is 11.6 Å². The highest BCUT2D eigenvalue weighted by Gasteiger charge is 2.15. The largest absolute Gasteiger partial charge is 0.394 e. The molecule has 0 saturated heterocycles. The summed E-state index contributed by atoms with van der Waals surface area (Å²) in [6.07, 6.45) is 1.75. The summed E-state index contributed by atoms with van der Waals surface area (Å²) in [6, 6.07) is 7.50. The lowest BCUT2D eigenvalue weighted by Gasteiger charge is -2.19. The van der Waals surface area contributed by atoms with Gasteiger partial charge in [0.15, 0.2) is 0 Å². The van der Waals surface area contributed by atoms with Gasteiger partial charge in [-0.25, -0.2) is 0 Å². The van der Waals surface area contributed by atoms with E-state index in [1.165, 1.54) is 0 Å². The third-order valence-corrected chi connectivity index (χ3v) is 3.41. The Hall–Kier alpha value is -1.16. The SMILES string of the molecule is CC(C)CNC(CO)c1ccc(Cl)c2cccnc12. The van der Waals surface area contributed by atoms with E-state index in [2.05, 4.69) is 24.1 Å². The van der Waals surface area contributed by atoms with Gasteiger partial charge >= 0.3 is 0 Å². The number of rotatable bonds is 5. The first-order valence-corrected chi connectivity index (χ1v) is 6.88. The summed E-state index contributed by atoms with van der Waals surface area (Å²) in [6.45, 7) is 5.17. The number of aliphatic hydroxyl groups is 1. The van der Waals surface area contributed by atoms with Gasteiger partial charge in [-0.15, -0.1) is 0 Å². The smallest absolute Gasteiger partial charge is 0.0765 e. The maximum atomic E-state index is 9.60. The molecule has 4 heteroatoms. The van der Waals surface area contributed by atoms with Gasteiger partial charge in [0.2, 0.25) is 0 Å². The van der Waals surface area contributed by atoms with E-state index in [0.717, 1.165) is 23.0 Å². The van der Waals surface area contributed by atoms with E-state index < -0.39 is 0 Å². The molecule has 2 N–H and O–H groups in total. The first-order valence-electron chi connectivity index (χ1n) is 6.51. The zero-order chi connectivity index (χ0) is 13.8. The average Bonchev–Trinajstić information content (AvgIpc) is 2.41. The van der Waals surface area contributed by atoms with E-state index >= 15 is 0 Å². The van der Waals surface area contributed by atoms with Gasteiger partial charge in [-0.1, -0.05) is 31.5 Å². The summed E-state index contributed by atoms with van der Waals surface area (Å²) in [7, 11) is 0. The van der Waals surface area contributed by atoms with Crippen LogP contribution in [0.2, 0.25) is 5.02 Å². The Labute approximate surface area is 118 Å². The average molecular weight is 279 g/mol. The second kappa shape index (κ2) is 6.33. The number of hydrogen-bond acceptors (Lipinski definition) is 3. The van der Waals surface area contributed by atoms with Gasteiger partial charge in [0.05, 0.1) is 18.2 Å². The highest BCUT2D eigenvalue weighted by molar-refractivity contribution is 6.35. The van der Waals surface area contributed by atoms with Crippen LogP contribution in [0.1, 0.15) is 25.5 Å². The van der Waals surface area contributed by atoms with E-state index in [1.54, 1.807) is 6.20 Å². The fourth-order valence-electron chi connectivity index (χ4n) is 2.09. The molecule has 0 spiro atoms. The molecule has 0 aliphatic carbocycles. The van der Waals surface area contributed by atoms with Crippen LogP contribution in [0.15, 0.2) is 30.5 Å². The maximum absolute atomic E-state index is 9.60. The topological polar surface area (TPSA) is 45.1 Å². The molecule has 0 aliphatic rings. The maximum Gasteiger partial charge on any atom is 0.0765 e. The second-order valence-corrected chi connectivity index (χ2v) is 5.48. The van der Waals surface area contributed by atoms with Crippen molar-refractivity contribution in [3.63, 3.8) is 0 Å². The van der Waals surface area contributed by atoms with Crippen molar-refractivity contribution in [2.24, 2.45) is 5.92 Å². The third-order valence-electron chi connectivity index (χ3n) is 3.08. The Kier molecular flexibility index (Phi) is 4.75. The number of aliphatic hydroxyl groups excluding tert-OH is 1. The molecule has 2 aromatic rings. The predicted molar refractivity (Wildman–Crippen MR) is 79.4 cm³/mol. The second-order valence-electron chi connectivity index (χ2n) is 5.07. The number of pyridine rings is 1. The predicted octanol–water partition coefficient (Wildman–Crippen LogP) is 3.17. The summed E-state index contributed by atoms with van der Waals surface area (Å²) in [5, 5.41) is 14.6. The van der Waals surface area contributed by atoms with Gasteiger partial charge in [-0.05, 0) is 36.2 Å². The van der Waals surface area contributed by atoms with Gasteiger partial charge in [-0.2, -0.15) is 0 Å². The molecule has 1 aromatic heterocycles. The Bertz CT molecular complexity index is 557. The highest BCUT2D eigenvalue weighted by Crippen LogP contribution is 2.28. The van der Waals surface area contributed by atoms with Crippen LogP contribution < -0.4 is 5.32 Å². The van der Waals surface area contributed by atoms with Gasteiger partial charge in [0, 0.05) is 16.6 Å². The van der Waals surface area contributed by atoms with Crippen molar-refractivity contribution >= 4 is 22.5 Å². The number of nitrogens with zero attached hydrogens (tertiary/aromatic N) is 1. The first kappa shape index (κ1) is 14.3. The first-order chi connectivity index (χ1) is 9.13. The van der Waals surface area contributed by atoms with Gasteiger partial charge in [0.25, 0.3) is 0 Å². The fraction of sp³-hybridized carbons (Fsp3) is 0.400. The summed E-state index contributed by atoms with van der Waals surface area (Å²) in [4.78, 5) is 4.40. The minimum atomic E-state index is -0.114. The molecule has 3 nitrogen and oxygen atoms in total. The number of hydrogen-bond donors (Lipinski definition) is 2. The lowest BCUT2D eigenvalue weighted by molar-refractivity contribution is 0.241. The number of halogens is 1. The molecule has 0 saturated carbocycles. The summed E-state index contributed by atoms with van der Waals surface area (Å²) < 4.78 is 0. The lowest BCUT2D eigenvalue weighted by atomic mass is 10.0. The van der Waals surface area contributed by atoms with Crippen molar-refractivity contribution in [1.29, 1.82) is 0 Å². The highest BCUT2D eigenvalue weighted by atomic mass is 35.5. The molecule has 0 radical (unpaired) electrons. The van der Waals surface area contributed by atoms with Crippen molar-refractivity contribution in [1.82, 2.24) is 10.3 Å². The molecule has 0 bridgehead atoms. The molecular weight excluding hydrogens is 260 g/mol. The van der Waals surface area contributed by atoms with Gasteiger partial charge in [0.1, 0.15) is 0 Å². The van der Waals surface area contributed by atoms with Gasteiger partial charge < -0.3 is 10.4 Å². The Morgan fingerprint density at radius 1 is 1.32 bits per heavy atom. The van der Waals surface area contributed by atoms with Crippen LogP contribution >= 0.6 is 11.6 Å². The molecule has 1 aromatic carbocycles. The van der Waals surface area contributed by atoms with Crippen molar-refractivity contribution in [2.45, 2.75) is 19.9 Å².